The van der Waals surface area contributed by atoms with Crippen LogP contribution in [-0.2, 0) is 4.79 Å². The second-order valence-corrected chi connectivity index (χ2v) is 7.49. The fourth-order valence-corrected chi connectivity index (χ4v) is 3.35. The Labute approximate surface area is 162 Å². The van der Waals surface area contributed by atoms with Gasteiger partial charge in [-0.15, -0.1) is 11.3 Å². The summed E-state index contributed by atoms with van der Waals surface area (Å²) >= 11 is 7.34. The Morgan fingerprint density at radius 2 is 1.96 bits per heavy atom. The van der Waals surface area contributed by atoms with Gasteiger partial charge in [0.05, 0.1) is 5.69 Å². The molecule has 1 amide bonds. The fraction of sp³-hybridized carbons (Fsp3) is 0.143. The van der Waals surface area contributed by atoms with Crippen LogP contribution in [0.4, 0.5) is 5.13 Å². The third-order valence-corrected chi connectivity index (χ3v) is 4.88. The van der Waals surface area contributed by atoms with Gasteiger partial charge in [-0.3, -0.25) is 10.1 Å². The van der Waals surface area contributed by atoms with Gasteiger partial charge in [-0.25, -0.2) is 4.98 Å². The highest BCUT2D eigenvalue weighted by molar-refractivity contribution is 7.14. The number of halogens is 1. The minimum atomic E-state index is -0.221. The lowest BCUT2D eigenvalue weighted by molar-refractivity contribution is -0.111. The molecule has 0 saturated carbocycles. The molecule has 0 unspecified atom stereocenters. The molecule has 0 aliphatic heterocycles. The molecular weight excluding hydrogens is 364 g/mol. The highest BCUT2D eigenvalue weighted by atomic mass is 35.5. The SMILES string of the molecule is CC(C)c1ccc(-c2csc(NC(=O)/C=C/c3cccc(Cl)c3)n2)cc1. The maximum absolute atomic E-state index is 12.1. The number of nitrogens with one attached hydrogen (secondary N) is 1. The van der Waals surface area contributed by atoms with Crippen molar-refractivity contribution in [2.45, 2.75) is 19.8 Å². The van der Waals surface area contributed by atoms with Gasteiger partial charge in [0.2, 0.25) is 5.91 Å². The predicted molar refractivity (Wildman–Crippen MR) is 111 cm³/mol. The van der Waals surface area contributed by atoms with Gasteiger partial charge in [-0.2, -0.15) is 0 Å². The number of carbonyl (C=O) groups excluding carboxylic acids is 1. The largest absolute Gasteiger partial charge is 0.298 e. The summed E-state index contributed by atoms with van der Waals surface area (Å²) in [6.45, 7) is 4.34. The van der Waals surface area contributed by atoms with Crippen LogP contribution < -0.4 is 5.32 Å². The summed E-state index contributed by atoms with van der Waals surface area (Å²) in [4.78, 5) is 16.6. The van der Waals surface area contributed by atoms with Gasteiger partial charge < -0.3 is 0 Å². The molecule has 0 aliphatic rings. The Morgan fingerprint density at radius 3 is 2.65 bits per heavy atom. The number of anilines is 1. The van der Waals surface area contributed by atoms with Crippen LogP contribution >= 0.6 is 22.9 Å². The van der Waals surface area contributed by atoms with E-state index in [1.807, 2.05) is 17.5 Å². The third-order valence-electron chi connectivity index (χ3n) is 3.88. The molecule has 0 fully saturated rings. The normalized spacial score (nSPS) is 11.2. The van der Waals surface area contributed by atoms with Crippen LogP contribution in [0.3, 0.4) is 0 Å². The first-order chi connectivity index (χ1) is 12.5. The number of aromatic nitrogens is 1. The van der Waals surface area contributed by atoms with Crippen LogP contribution in [0.1, 0.15) is 30.9 Å². The molecule has 1 heterocycles. The molecule has 3 aromatic rings. The first-order valence-corrected chi connectivity index (χ1v) is 9.57. The van der Waals surface area contributed by atoms with Gasteiger partial charge in [0.25, 0.3) is 0 Å². The number of carbonyl (C=O) groups is 1. The lowest BCUT2D eigenvalue weighted by Gasteiger charge is -2.05. The van der Waals surface area contributed by atoms with E-state index in [1.54, 1.807) is 18.2 Å². The Bertz CT molecular complexity index is 929. The number of rotatable bonds is 5. The van der Waals surface area contributed by atoms with E-state index in [2.05, 4.69) is 48.4 Å². The average molecular weight is 383 g/mol. The minimum absolute atomic E-state index is 0.221. The highest BCUT2D eigenvalue weighted by Crippen LogP contribution is 2.26. The average Bonchev–Trinajstić information content (AvgIpc) is 3.08. The molecule has 3 nitrogen and oxygen atoms in total. The van der Waals surface area contributed by atoms with Crippen LogP contribution in [0.5, 0.6) is 0 Å². The van der Waals surface area contributed by atoms with Gasteiger partial charge in [0, 0.05) is 22.0 Å². The van der Waals surface area contributed by atoms with Crippen molar-refractivity contribution >= 4 is 40.1 Å². The summed E-state index contributed by atoms with van der Waals surface area (Å²) in [6, 6.07) is 15.7. The molecule has 0 saturated heterocycles. The van der Waals surface area contributed by atoms with Crippen molar-refractivity contribution in [1.82, 2.24) is 4.98 Å². The molecule has 1 aromatic heterocycles. The van der Waals surface area contributed by atoms with Crippen molar-refractivity contribution in [2.75, 3.05) is 5.32 Å². The zero-order valence-corrected chi connectivity index (χ0v) is 16.1. The maximum atomic E-state index is 12.1. The zero-order chi connectivity index (χ0) is 18.5. The van der Waals surface area contributed by atoms with Crippen molar-refractivity contribution in [1.29, 1.82) is 0 Å². The number of thiazole rings is 1. The predicted octanol–water partition coefficient (Wildman–Crippen LogP) is 6.24. The number of amides is 1. The molecule has 2 aromatic carbocycles. The molecule has 0 bridgehead atoms. The van der Waals surface area contributed by atoms with E-state index >= 15 is 0 Å². The van der Waals surface area contributed by atoms with Gasteiger partial charge in [-0.1, -0.05) is 61.8 Å². The lowest BCUT2D eigenvalue weighted by Crippen LogP contribution is -2.07. The molecule has 0 spiro atoms. The molecule has 132 valence electrons. The Hall–Kier alpha value is -2.43. The molecule has 0 aliphatic carbocycles. The maximum Gasteiger partial charge on any atom is 0.250 e. The number of benzene rings is 2. The summed E-state index contributed by atoms with van der Waals surface area (Å²) in [5, 5.41) is 5.96. The van der Waals surface area contributed by atoms with Gasteiger partial charge >= 0.3 is 0 Å². The van der Waals surface area contributed by atoms with Crippen molar-refractivity contribution < 1.29 is 4.79 Å². The number of hydrogen-bond acceptors (Lipinski definition) is 3. The van der Waals surface area contributed by atoms with Crippen molar-refractivity contribution in [3.05, 3.63) is 76.1 Å². The van der Waals surface area contributed by atoms with Crippen LogP contribution in [-0.4, -0.2) is 10.9 Å². The number of nitrogens with zero attached hydrogens (tertiary/aromatic N) is 1. The summed E-state index contributed by atoms with van der Waals surface area (Å²) < 4.78 is 0. The highest BCUT2D eigenvalue weighted by Gasteiger charge is 2.07. The van der Waals surface area contributed by atoms with Gasteiger partial charge in [0.1, 0.15) is 0 Å². The fourth-order valence-electron chi connectivity index (χ4n) is 2.43. The monoisotopic (exact) mass is 382 g/mol. The lowest BCUT2D eigenvalue weighted by atomic mass is 10.0. The van der Waals surface area contributed by atoms with Gasteiger partial charge in [0.15, 0.2) is 5.13 Å². The van der Waals surface area contributed by atoms with E-state index in [4.69, 9.17) is 11.6 Å². The first-order valence-electron chi connectivity index (χ1n) is 8.32. The quantitative estimate of drug-likeness (QED) is 0.530. The molecule has 5 heteroatoms. The van der Waals surface area contributed by atoms with E-state index in [0.29, 0.717) is 16.1 Å². The summed E-state index contributed by atoms with van der Waals surface area (Å²) in [5.74, 6) is 0.279. The topological polar surface area (TPSA) is 42.0 Å². The van der Waals surface area contributed by atoms with E-state index < -0.39 is 0 Å². The van der Waals surface area contributed by atoms with Gasteiger partial charge in [-0.05, 0) is 35.3 Å². The van der Waals surface area contributed by atoms with E-state index in [9.17, 15) is 4.79 Å². The van der Waals surface area contributed by atoms with Crippen LogP contribution in [0.25, 0.3) is 17.3 Å². The summed E-state index contributed by atoms with van der Waals surface area (Å²) in [6.07, 6.45) is 3.20. The molecule has 3 rings (SSSR count). The van der Waals surface area contributed by atoms with Crippen LogP contribution in [0, 0.1) is 0 Å². The van der Waals surface area contributed by atoms with Crippen molar-refractivity contribution in [3.8, 4) is 11.3 Å². The van der Waals surface area contributed by atoms with Crippen LogP contribution in [0.2, 0.25) is 5.02 Å². The first kappa shape index (κ1) is 18.4. The molecular formula is C21H19ClN2OS. The standard InChI is InChI=1S/C21H19ClN2OS/c1-14(2)16-7-9-17(10-8-16)19-13-26-21(23-19)24-20(25)11-6-15-4-3-5-18(22)12-15/h3-14H,1-2H3,(H,23,24,25)/b11-6+. The smallest absolute Gasteiger partial charge is 0.250 e. The van der Waals surface area contributed by atoms with Crippen LogP contribution in [0.15, 0.2) is 60.0 Å². The Balaban J connectivity index is 1.65. The summed E-state index contributed by atoms with van der Waals surface area (Å²) in [7, 11) is 0. The zero-order valence-electron chi connectivity index (χ0n) is 14.6. The second-order valence-electron chi connectivity index (χ2n) is 6.19. The molecule has 1 N–H and O–H groups in total. The van der Waals surface area contributed by atoms with E-state index in [0.717, 1.165) is 16.8 Å². The third kappa shape index (κ3) is 4.81. The summed E-state index contributed by atoms with van der Waals surface area (Å²) in [5.41, 5.74) is 4.07. The van der Waals surface area contributed by atoms with Crippen molar-refractivity contribution in [2.24, 2.45) is 0 Å². The van der Waals surface area contributed by atoms with Crippen molar-refractivity contribution in [3.63, 3.8) is 0 Å². The minimum Gasteiger partial charge on any atom is -0.298 e. The molecule has 0 atom stereocenters. The molecule has 0 radical (unpaired) electrons. The molecule has 26 heavy (non-hydrogen) atoms. The Morgan fingerprint density at radius 1 is 1.19 bits per heavy atom. The second kappa shape index (κ2) is 8.30. The Kier molecular flexibility index (Phi) is 5.86. The van der Waals surface area contributed by atoms with E-state index in [1.165, 1.54) is 23.0 Å². The van der Waals surface area contributed by atoms with E-state index in [-0.39, 0.29) is 5.91 Å². The number of hydrogen-bond donors (Lipinski definition) is 1.